The van der Waals surface area contributed by atoms with Gasteiger partial charge in [-0.1, -0.05) is 47.5 Å². The van der Waals surface area contributed by atoms with Crippen LogP contribution < -0.4 is 8.37 Å². The van der Waals surface area contributed by atoms with Crippen LogP contribution in [0.2, 0.25) is 10.0 Å². The molecule has 0 aliphatic heterocycles. The molecule has 0 aliphatic carbocycles. The second-order valence-corrected chi connectivity index (χ2v) is 9.03. The molecule has 0 radical (unpaired) electrons. The maximum Gasteiger partial charge on any atom is 0.534 e. The normalized spacial score (nSPS) is 13.2. The average Bonchev–Trinajstić information content (AvgIpc) is 2.56. The Labute approximate surface area is 175 Å². The fourth-order valence-electron chi connectivity index (χ4n) is 1.90. The summed E-state index contributed by atoms with van der Waals surface area (Å²) in [4.78, 5) is 0. The number of hydrogen-bond acceptors (Lipinski definition) is 6. The SMILES string of the molecule is O=S(=O)(Oc1cccc(-c2cccc(OS(=O)(=O)C(F)(F)F)c2Cl)c1Cl)C(F)(F)F. The van der Waals surface area contributed by atoms with Crippen LogP contribution in [0.1, 0.15) is 0 Å². The van der Waals surface area contributed by atoms with Crippen LogP contribution in [-0.2, 0) is 20.2 Å². The van der Waals surface area contributed by atoms with Crippen molar-refractivity contribution in [2.75, 3.05) is 0 Å². The molecule has 6 nitrogen and oxygen atoms in total. The van der Waals surface area contributed by atoms with Gasteiger partial charge in [0.05, 0.1) is 10.0 Å². The third-order valence-corrected chi connectivity index (χ3v) is 5.89. The summed E-state index contributed by atoms with van der Waals surface area (Å²) in [5, 5.41) is -1.41. The summed E-state index contributed by atoms with van der Waals surface area (Å²) in [6.07, 6.45) is 0. The van der Waals surface area contributed by atoms with Crippen LogP contribution in [-0.4, -0.2) is 27.9 Å². The molecule has 16 heteroatoms. The Hall–Kier alpha value is -1.90. The number of halogens is 8. The van der Waals surface area contributed by atoms with Crippen LogP contribution in [0.3, 0.4) is 0 Å². The van der Waals surface area contributed by atoms with Crippen molar-refractivity contribution in [1.82, 2.24) is 0 Å². The zero-order valence-electron chi connectivity index (χ0n) is 13.8. The van der Waals surface area contributed by atoms with Gasteiger partial charge in [0.15, 0.2) is 11.5 Å². The molecule has 30 heavy (non-hydrogen) atoms. The van der Waals surface area contributed by atoms with Crippen molar-refractivity contribution in [3.63, 3.8) is 0 Å². The molecule has 0 unspecified atom stereocenters. The van der Waals surface area contributed by atoms with Gasteiger partial charge in [-0.25, -0.2) is 0 Å². The first-order valence-electron chi connectivity index (χ1n) is 7.07. The molecule has 2 rings (SSSR count). The molecule has 0 aliphatic rings. The summed E-state index contributed by atoms with van der Waals surface area (Å²) < 4.78 is 128. The quantitative estimate of drug-likeness (QED) is 0.310. The Bertz CT molecular complexity index is 1080. The van der Waals surface area contributed by atoms with Crippen molar-refractivity contribution in [3.05, 3.63) is 46.4 Å². The molecule has 2 aromatic carbocycles. The lowest BCUT2D eigenvalue weighted by Gasteiger charge is -2.15. The van der Waals surface area contributed by atoms with Crippen molar-refractivity contribution in [2.24, 2.45) is 0 Å². The molecule has 166 valence electrons. The van der Waals surface area contributed by atoms with E-state index in [0.717, 1.165) is 36.4 Å². The summed E-state index contributed by atoms with van der Waals surface area (Å²) in [6, 6.07) is 5.80. The van der Waals surface area contributed by atoms with Crippen LogP contribution in [0.4, 0.5) is 26.3 Å². The first kappa shape index (κ1) is 24.4. The molecule has 0 atom stereocenters. The van der Waals surface area contributed by atoms with E-state index in [2.05, 4.69) is 8.37 Å². The van der Waals surface area contributed by atoms with Gasteiger partial charge < -0.3 is 8.37 Å². The van der Waals surface area contributed by atoms with E-state index in [1.807, 2.05) is 0 Å². The topological polar surface area (TPSA) is 86.7 Å². The van der Waals surface area contributed by atoms with E-state index in [9.17, 15) is 43.2 Å². The first-order valence-corrected chi connectivity index (χ1v) is 10.6. The van der Waals surface area contributed by atoms with Crippen LogP contribution >= 0.6 is 23.2 Å². The standard InChI is InChI=1S/C14H6Cl2F6O6S2/c15-11-7(3-1-5-9(11)27-29(23,24)13(17,18)19)8-4-2-6-10(12(8)16)28-30(25,26)14(20,21)22/h1-6H. The molecule has 0 bridgehead atoms. The third kappa shape index (κ3) is 4.87. The monoisotopic (exact) mass is 518 g/mol. The number of hydrogen-bond donors (Lipinski definition) is 0. The summed E-state index contributed by atoms with van der Waals surface area (Å²) in [6.45, 7) is 0. The Balaban J connectivity index is 2.55. The van der Waals surface area contributed by atoms with E-state index >= 15 is 0 Å². The van der Waals surface area contributed by atoms with E-state index in [1.165, 1.54) is 0 Å². The lowest BCUT2D eigenvalue weighted by Crippen LogP contribution is -2.28. The van der Waals surface area contributed by atoms with Crippen LogP contribution in [0.15, 0.2) is 36.4 Å². The Kier molecular flexibility index (Phi) is 6.48. The van der Waals surface area contributed by atoms with Gasteiger partial charge in [0.1, 0.15) is 0 Å². The lowest BCUT2D eigenvalue weighted by atomic mass is 10.0. The molecule has 0 heterocycles. The first-order chi connectivity index (χ1) is 13.5. The van der Waals surface area contributed by atoms with Gasteiger partial charge in [0.2, 0.25) is 0 Å². The second-order valence-electron chi connectivity index (χ2n) is 5.20. The summed E-state index contributed by atoms with van der Waals surface area (Å²) in [5.41, 5.74) is -12.1. The molecular formula is C14H6Cl2F6O6S2. The molecule has 0 N–H and O–H groups in total. The second kappa shape index (κ2) is 7.98. The average molecular weight is 519 g/mol. The number of rotatable bonds is 5. The Morgan fingerprint density at radius 3 is 1.20 bits per heavy atom. The van der Waals surface area contributed by atoms with Crippen molar-refractivity contribution in [2.45, 2.75) is 11.0 Å². The van der Waals surface area contributed by atoms with Gasteiger partial charge in [-0.15, -0.1) is 0 Å². The van der Waals surface area contributed by atoms with Crippen molar-refractivity contribution < 1.29 is 51.5 Å². The van der Waals surface area contributed by atoms with Crippen LogP contribution in [0.25, 0.3) is 11.1 Å². The molecule has 2 aromatic rings. The molecule has 0 spiro atoms. The van der Waals surface area contributed by atoms with Crippen LogP contribution in [0.5, 0.6) is 11.5 Å². The van der Waals surface area contributed by atoms with E-state index < -0.39 is 52.8 Å². The highest BCUT2D eigenvalue weighted by Crippen LogP contribution is 2.43. The van der Waals surface area contributed by atoms with Gasteiger partial charge >= 0.3 is 31.3 Å². The summed E-state index contributed by atoms with van der Waals surface area (Å²) in [7, 11) is -12.2. The van der Waals surface area contributed by atoms with Crippen molar-refractivity contribution >= 4 is 43.4 Å². The zero-order valence-corrected chi connectivity index (χ0v) is 16.9. The highest BCUT2D eigenvalue weighted by molar-refractivity contribution is 7.88. The van der Waals surface area contributed by atoms with Crippen LogP contribution in [0, 0.1) is 0 Å². The van der Waals surface area contributed by atoms with E-state index in [4.69, 9.17) is 23.2 Å². The maximum atomic E-state index is 12.5. The largest absolute Gasteiger partial charge is 0.534 e. The van der Waals surface area contributed by atoms with Gasteiger partial charge in [-0.05, 0) is 12.1 Å². The van der Waals surface area contributed by atoms with Gasteiger partial charge in [0.25, 0.3) is 0 Å². The minimum absolute atomic E-state index is 0.286. The minimum Gasteiger partial charge on any atom is -0.374 e. The molecule has 0 saturated carbocycles. The van der Waals surface area contributed by atoms with Gasteiger partial charge in [-0.2, -0.15) is 43.2 Å². The Morgan fingerprint density at radius 2 is 0.933 bits per heavy atom. The fraction of sp³-hybridized carbons (Fsp3) is 0.143. The van der Waals surface area contributed by atoms with Crippen molar-refractivity contribution in [1.29, 1.82) is 0 Å². The molecule has 0 aromatic heterocycles. The highest BCUT2D eigenvalue weighted by Gasteiger charge is 2.49. The summed E-state index contributed by atoms with van der Waals surface area (Å²) in [5.74, 6) is -1.92. The zero-order chi connectivity index (χ0) is 23.1. The van der Waals surface area contributed by atoms with Gasteiger partial charge in [-0.3, -0.25) is 0 Å². The summed E-state index contributed by atoms with van der Waals surface area (Å²) >= 11 is 11.7. The smallest absolute Gasteiger partial charge is 0.374 e. The molecule has 0 amide bonds. The minimum atomic E-state index is -6.08. The fourth-order valence-corrected chi connectivity index (χ4v) is 3.46. The predicted octanol–water partition coefficient (Wildman–Crippen LogP) is 5.12. The van der Waals surface area contributed by atoms with E-state index in [1.54, 1.807) is 0 Å². The lowest BCUT2D eigenvalue weighted by molar-refractivity contribution is -0.0504. The molecule has 0 fully saturated rings. The molecular weight excluding hydrogens is 513 g/mol. The van der Waals surface area contributed by atoms with E-state index in [-0.39, 0.29) is 11.1 Å². The number of alkyl halides is 6. The molecule has 0 saturated heterocycles. The van der Waals surface area contributed by atoms with Crippen molar-refractivity contribution in [3.8, 4) is 22.6 Å². The van der Waals surface area contributed by atoms with Gasteiger partial charge in [0, 0.05) is 11.1 Å². The predicted molar refractivity (Wildman–Crippen MR) is 93.1 cm³/mol. The van der Waals surface area contributed by atoms with E-state index in [0.29, 0.717) is 0 Å². The third-order valence-electron chi connectivity index (χ3n) is 3.18. The maximum absolute atomic E-state index is 12.5. The highest BCUT2D eigenvalue weighted by atomic mass is 35.5. The number of benzene rings is 2. The Morgan fingerprint density at radius 1 is 0.633 bits per heavy atom.